The van der Waals surface area contributed by atoms with Gasteiger partial charge in [-0.1, -0.05) is 0 Å². The van der Waals surface area contributed by atoms with Gasteiger partial charge in [0.25, 0.3) is 0 Å². The second-order valence-electron chi connectivity index (χ2n) is 4.77. The molecule has 0 saturated carbocycles. The lowest BCUT2D eigenvalue weighted by Gasteiger charge is -2.07. The fourth-order valence-corrected chi connectivity index (χ4v) is 2.95. The van der Waals surface area contributed by atoms with Crippen molar-refractivity contribution in [2.45, 2.75) is 30.5 Å². The summed E-state index contributed by atoms with van der Waals surface area (Å²) in [6.07, 6.45) is 1.89. The van der Waals surface area contributed by atoms with Crippen molar-refractivity contribution in [3.63, 3.8) is 0 Å². The fourth-order valence-electron chi connectivity index (χ4n) is 1.79. The number of ether oxygens (including phenoxy) is 1. The summed E-state index contributed by atoms with van der Waals surface area (Å²) in [7, 11) is 0.333. The lowest BCUT2D eigenvalue weighted by atomic mass is 10.3. The van der Waals surface area contributed by atoms with Crippen molar-refractivity contribution in [3.05, 3.63) is 36.2 Å². The van der Waals surface area contributed by atoms with Gasteiger partial charge in [-0.05, 0) is 38.1 Å². The summed E-state index contributed by atoms with van der Waals surface area (Å²) >= 11 is 0. The van der Waals surface area contributed by atoms with Gasteiger partial charge in [0.2, 0.25) is 0 Å². The first-order chi connectivity index (χ1) is 9.51. The minimum Gasteiger partial charge on any atom is -0.497 e. The van der Waals surface area contributed by atoms with Crippen molar-refractivity contribution in [1.82, 2.24) is 9.78 Å². The Balaban J connectivity index is 2.19. The Bertz CT molecular complexity index is 623. The van der Waals surface area contributed by atoms with Crippen molar-refractivity contribution in [2.24, 2.45) is 0 Å². The van der Waals surface area contributed by atoms with E-state index in [1.807, 2.05) is 30.8 Å². The van der Waals surface area contributed by atoms with Crippen LogP contribution in [-0.2, 0) is 16.6 Å². The molecule has 1 heterocycles. The highest BCUT2D eigenvalue weighted by molar-refractivity contribution is 7.84. The summed E-state index contributed by atoms with van der Waals surface area (Å²) in [5.74, 6) is 0.993. The van der Waals surface area contributed by atoms with Gasteiger partial charge < -0.3 is 10.5 Å². The van der Waals surface area contributed by atoms with Gasteiger partial charge in [0.15, 0.2) is 0 Å². The van der Waals surface area contributed by atoms with E-state index in [9.17, 15) is 4.21 Å². The van der Waals surface area contributed by atoms with Crippen LogP contribution in [0.2, 0.25) is 0 Å². The van der Waals surface area contributed by atoms with E-state index >= 15 is 0 Å². The van der Waals surface area contributed by atoms with E-state index in [4.69, 9.17) is 10.5 Å². The Labute approximate surface area is 121 Å². The van der Waals surface area contributed by atoms with E-state index in [1.165, 1.54) is 0 Å². The predicted molar refractivity (Wildman–Crippen MR) is 80.1 cm³/mol. The molecule has 108 valence electrons. The number of rotatable bonds is 5. The molecule has 0 saturated heterocycles. The average Bonchev–Trinajstić information content (AvgIpc) is 2.88. The van der Waals surface area contributed by atoms with Gasteiger partial charge in [-0.2, -0.15) is 5.10 Å². The molecule has 6 heteroatoms. The van der Waals surface area contributed by atoms with Gasteiger partial charge in [-0.3, -0.25) is 8.89 Å². The predicted octanol–water partition coefficient (Wildman–Crippen LogP) is 2.36. The van der Waals surface area contributed by atoms with Crippen molar-refractivity contribution in [3.8, 4) is 5.75 Å². The van der Waals surface area contributed by atoms with Gasteiger partial charge in [0.1, 0.15) is 5.75 Å². The molecule has 20 heavy (non-hydrogen) atoms. The summed E-state index contributed by atoms with van der Waals surface area (Å²) in [4.78, 5) is 0.587. The first-order valence-electron chi connectivity index (χ1n) is 6.37. The molecule has 1 aromatic carbocycles. The van der Waals surface area contributed by atoms with E-state index < -0.39 is 10.8 Å². The maximum absolute atomic E-state index is 12.4. The lowest BCUT2D eigenvalue weighted by molar-refractivity contribution is 0.413. The maximum Gasteiger partial charge on any atom is 0.120 e. The largest absolute Gasteiger partial charge is 0.497 e. The van der Waals surface area contributed by atoms with Crippen LogP contribution in [0, 0.1) is 0 Å². The fraction of sp³-hybridized carbons (Fsp3) is 0.357. The number of benzene rings is 1. The van der Waals surface area contributed by atoms with Gasteiger partial charge in [0, 0.05) is 17.9 Å². The van der Waals surface area contributed by atoms with E-state index in [0.29, 0.717) is 28.1 Å². The van der Waals surface area contributed by atoms with Gasteiger partial charge >= 0.3 is 0 Å². The molecule has 0 aliphatic carbocycles. The van der Waals surface area contributed by atoms with E-state index in [0.717, 1.165) is 5.69 Å². The Morgan fingerprint density at radius 1 is 1.40 bits per heavy atom. The second kappa shape index (κ2) is 6.09. The van der Waals surface area contributed by atoms with Crippen molar-refractivity contribution in [2.75, 3.05) is 12.8 Å². The Kier molecular flexibility index (Phi) is 4.44. The first-order valence-corrected chi connectivity index (χ1v) is 7.69. The molecule has 2 N–H and O–H groups in total. The molecule has 1 unspecified atom stereocenters. The molecule has 0 bridgehead atoms. The second-order valence-corrected chi connectivity index (χ2v) is 6.19. The van der Waals surface area contributed by atoms with Crippen LogP contribution in [0.25, 0.3) is 0 Å². The molecule has 1 aromatic heterocycles. The number of hydrogen-bond donors (Lipinski definition) is 1. The number of methoxy groups -OCH3 is 1. The Hall–Kier alpha value is -1.82. The molecule has 0 spiro atoms. The van der Waals surface area contributed by atoms with Crippen molar-refractivity contribution < 1.29 is 8.95 Å². The van der Waals surface area contributed by atoms with Crippen LogP contribution in [0.1, 0.15) is 25.6 Å². The van der Waals surface area contributed by atoms with E-state index in [2.05, 4.69) is 5.10 Å². The van der Waals surface area contributed by atoms with Crippen LogP contribution in [-0.4, -0.2) is 21.1 Å². The number of anilines is 1. The zero-order valence-corrected chi connectivity index (χ0v) is 12.7. The molecular formula is C14H19N3O2S. The highest BCUT2D eigenvalue weighted by atomic mass is 32.2. The molecule has 0 aliphatic heterocycles. The number of nitrogens with two attached hydrogens (primary N) is 1. The third-order valence-electron chi connectivity index (χ3n) is 2.94. The van der Waals surface area contributed by atoms with E-state index in [-0.39, 0.29) is 0 Å². The number of hydrogen-bond acceptors (Lipinski definition) is 4. The summed E-state index contributed by atoms with van der Waals surface area (Å²) in [5.41, 5.74) is 7.18. The Morgan fingerprint density at radius 3 is 2.75 bits per heavy atom. The summed E-state index contributed by atoms with van der Waals surface area (Å²) < 4.78 is 19.4. The van der Waals surface area contributed by atoms with Crippen LogP contribution in [0.15, 0.2) is 35.4 Å². The number of nitrogen functional groups attached to an aromatic ring is 1. The van der Waals surface area contributed by atoms with Gasteiger partial charge in [-0.25, -0.2) is 0 Å². The van der Waals surface area contributed by atoms with Crippen LogP contribution in [0.5, 0.6) is 5.75 Å². The summed E-state index contributed by atoms with van der Waals surface area (Å²) in [6, 6.07) is 7.35. The molecule has 0 fully saturated rings. The number of nitrogens with zero attached hydrogens (tertiary/aromatic N) is 2. The molecule has 2 aromatic rings. The zero-order valence-electron chi connectivity index (χ0n) is 11.9. The minimum absolute atomic E-state index is 0.291. The molecule has 0 radical (unpaired) electrons. The smallest absolute Gasteiger partial charge is 0.120 e. The third-order valence-corrected chi connectivity index (χ3v) is 4.34. The van der Waals surface area contributed by atoms with Crippen LogP contribution < -0.4 is 10.5 Å². The lowest BCUT2D eigenvalue weighted by Crippen LogP contribution is -2.05. The van der Waals surface area contributed by atoms with E-state index in [1.54, 1.807) is 25.3 Å². The molecule has 2 rings (SSSR count). The SMILES string of the molecule is COc1ccc(N)c(S(=O)Cc2ccn(C(C)C)n2)c1. The zero-order chi connectivity index (χ0) is 14.7. The Morgan fingerprint density at radius 2 is 2.15 bits per heavy atom. The molecule has 0 amide bonds. The quantitative estimate of drug-likeness (QED) is 0.859. The monoisotopic (exact) mass is 293 g/mol. The third kappa shape index (κ3) is 3.19. The van der Waals surface area contributed by atoms with Crippen LogP contribution in [0.3, 0.4) is 0 Å². The van der Waals surface area contributed by atoms with Gasteiger partial charge in [0.05, 0.1) is 34.3 Å². The normalized spacial score (nSPS) is 12.6. The van der Waals surface area contributed by atoms with Crippen molar-refractivity contribution in [1.29, 1.82) is 0 Å². The highest BCUT2D eigenvalue weighted by Gasteiger charge is 2.12. The summed E-state index contributed by atoms with van der Waals surface area (Å²) in [5, 5.41) is 4.40. The topological polar surface area (TPSA) is 70.1 Å². The molecular weight excluding hydrogens is 274 g/mol. The molecule has 1 atom stereocenters. The first kappa shape index (κ1) is 14.6. The minimum atomic E-state index is -1.24. The average molecular weight is 293 g/mol. The number of aromatic nitrogens is 2. The van der Waals surface area contributed by atoms with Gasteiger partial charge in [-0.15, -0.1) is 0 Å². The standard InChI is InChI=1S/C14H19N3O2S/c1-10(2)17-7-6-11(16-17)9-20(18)14-8-12(19-3)4-5-13(14)15/h4-8,10H,9,15H2,1-3H3. The molecule has 5 nitrogen and oxygen atoms in total. The van der Waals surface area contributed by atoms with Crippen molar-refractivity contribution >= 4 is 16.5 Å². The highest BCUT2D eigenvalue weighted by Crippen LogP contribution is 2.24. The van der Waals surface area contributed by atoms with Crippen LogP contribution >= 0.6 is 0 Å². The maximum atomic E-state index is 12.4. The van der Waals surface area contributed by atoms with Crippen LogP contribution in [0.4, 0.5) is 5.69 Å². The molecule has 0 aliphatic rings. The summed E-state index contributed by atoms with van der Waals surface area (Å²) in [6.45, 7) is 4.10.